The maximum atomic E-state index is 12.6. The Bertz CT molecular complexity index is 965. The molecule has 1 amide bonds. The number of nitrogens with zero attached hydrogens (tertiary/aromatic N) is 3. The Kier molecular flexibility index (Phi) is 6.03. The third-order valence-corrected chi connectivity index (χ3v) is 4.50. The number of rotatable bonds is 7. The van der Waals surface area contributed by atoms with Crippen LogP contribution in [0.2, 0.25) is 0 Å². The van der Waals surface area contributed by atoms with E-state index in [1.54, 1.807) is 16.5 Å². The van der Waals surface area contributed by atoms with Gasteiger partial charge < -0.3 is 9.64 Å². The predicted octanol–water partition coefficient (Wildman–Crippen LogP) is 3.45. The van der Waals surface area contributed by atoms with Gasteiger partial charge in [-0.1, -0.05) is 42.0 Å². The summed E-state index contributed by atoms with van der Waals surface area (Å²) in [5.74, 6) is 1.39. The molecular formula is C20H22N4O2S. The number of hydrogen-bond acceptors (Lipinski definition) is 4. The van der Waals surface area contributed by atoms with Crippen molar-refractivity contribution in [1.82, 2.24) is 19.7 Å². The van der Waals surface area contributed by atoms with Gasteiger partial charge in [0.15, 0.2) is 10.6 Å². The normalized spacial score (nSPS) is 10.6. The molecule has 0 aliphatic carbocycles. The molecule has 3 rings (SSSR count). The van der Waals surface area contributed by atoms with Crippen molar-refractivity contribution in [3.63, 3.8) is 0 Å². The number of H-pyrrole nitrogens is 1. The molecule has 0 bridgehead atoms. The van der Waals surface area contributed by atoms with Crippen molar-refractivity contribution >= 4 is 18.1 Å². The van der Waals surface area contributed by atoms with E-state index in [2.05, 4.69) is 10.2 Å². The number of amides is 1. The van der Waals surface area contributed by atoms with Gasteiger partial charge in [-0.15, -0.1) is 0 Å². The summed E-state index contributed by atoms with van der Waals surface area (Å²) in [6, 6.07) is 17.5. The number of likely N-dealkylation sites (N-methyl/N-ethyl adjacent to an activating group) is 1. The number of carbonyl (C=O) groups excluding carboxylic acids is 1. The lowest BCUT2D eigenvalue weighted by Crippen LogP contribution is -2.33. The zero-order chi connectivity index (χ0) is 19.2. The molecule has 0 fully saturated rings. The number of carbonyl (C=O) groups is 1. The monoisotopic (exact) mass is 382 g/mol. The van der Waals surface area contributed by atoms with Gasteiger partial charge in [0, 0.05) is 12.6 Å². The molecule has 0 aliphatic rings. The summed E-state index contributed by atoms with van der Waals surface area (Å²) in [4.78, 5) is 14.3. The molecule has 0 aliphatic heterocycles. The number of hydrogen-bond donors (Lipinski definition) is 1. The van der Waals surface area contributed by atoms with E-state index in [1.165, 1.54) is 0 Å². The first kappa shape index (κ1) is 18.8. The highest BCUT2D eigenvalue weighted by Crippen LogP contribution is 2.18. The number of nitrogens with one attached hydrogen (secondary N) is 1. The van der Waals surface area contributed by atoms with Crippen LogP contribution in [0.4, 0.5) is 0 Å². The van der Waals surface area contributed by atoms with Gasteiger partial charge in [0.25, 0.3) is 0 Å². The molecule has 2 aromatic carbocycles. The van der Waals surface area contributed by atoms with Gasteiger partial charge in [-0.25, -0.2) is 0 Å². The first-order valence-electron chi connectivity index (χ1n) is 8.68. The van der Waals surface area contributed by atoms with Crippen LogP contribution < -0.4 is 4.74 Å². The molecule has 1 heterocycles. The van der Waals surface area contributed by atoms with Crippen LogP contribution in [0.25, 0.3) is 11.4 Å². The van der Waals surface area contributed by atoms with Crippen molar-refractivity contribution in [1.29, 1.82) is 0 Å². The van der Waals surface area contributed by atoms with Crippen molar-refractivity contribution in [2.45, 2.75) is 13.5 Å². The lowest BCUT2D eigenvalue weighted by atomic mass is 10.1. The number of ether oxygens (including phenoxy) is 1. The first-order valence-corrected chi connectivity index (χ1v) is 9.09. The van der Waals surface area contributed by atoms with Gasteiger partial charge in [-0.3, -0.25) is 14.5 Å². The summed E-state index contributed by atoms with van der Waals surface area (Å²) >= 11 is 5.31. The lowest BCUT2D eigenvalue weighted by Gasteiger charge is -2.18. The molecule has 140 valence electrons. The van der Waals surface area contributed by atoms with Crippen LogP contribution in [0.1, 0.15) is 5.56 Å². The second-order valence-corrected chi connectivity index (χ2v) is 6.67. The Hall–Kier alpha value is -2.93. The fourth-order valence-corrected chi connectivity index (χ4v) is 2.86. The van der Waals surface area contributed by atoms with E-state index in [-0.39, 0.29) is 12.5 Å². The van der Waals surface area contributed by atoms with Gasteiger partial charge in [0.1, 0.15) is 18.9 Å². The highest BCUT2D eigenvalue weighted by molar-refractivity contribution is 7.71. The third-order valence-electron chi connectivity index (χ3n) is 4.19. The van der Waals surface area contributed by atoms with Crippen molar-refractivity contribution in [2.24, 2.45) is 0 Å². The number of benzene rings is 2. The fraction of sp³-hybridized carbons (Fsp3) is 0.250. The fourth-order valence-electron chi connectivity index (χ4n) is 2.67. The van der Waals surface area contributed by atoms with Crippen LogP contribution in [0.3, 0.4) is 0 Å². The smallest absolute Gasteiger partial charge is 0.242 e. The Labute approximate surface area is 163 Å². The van der Waals surface area contributed by atoms with Gasteiger partial charge >= 0.3 is 0 Å². The van der Waals surface area contributed by atoms with Crippen LogP contribution in [0.15, 0.2) is 54.6 Å². The quantitative estimate of drug-likeness (QED) is 0.636. The topological polar surface area (TPSA) is 63.2 Å². The number of aromatic nitrogens is 3. The molecule has 1 N–H and O–H groups in total. The van der Waals surface area contributed by atoms with Crippen molar-refractivity contribution < 1.29 is 9.53 Å². The molecule has 27 heavy (non-hydrogen) atoms. The van der Waals surface area contributed by atoms with Gasteiger partial charge in [0.05, 0.1) is 6.54 Å². The van der Waals surface area contributed by atoms with E-state index in [9.17, 15) is 4.79 Å². The summed E-state index contributed by atoms with van der Waals surface area (Å²) in [5, 5.41) is 7.08. The minimum atomic E-state index is -0.0573. The van der Waals surface area contributed by atoms with E-state index < -0.39 is 0 Å². The maximum Gasteiger partial charge on any atom is 0.242 e. The van der Waals surface area contributed by atoms with Crippen molar-refractivity contribution in [2.75, 3.05) is 20.2 Å². The maximum absolute atomic E-state index is 12.6. The molecule has 0 spiro atoms. The van der Waals surface area contributed by atoms with Crippen LogP contribution in [0.5, 0.6) is 5.75 Å². The average molecular weight is 382 g/mol. The van der Waals surface area contributed by atoms with E-state index >= 15 is 0 Å². The van der Waals surface area contributed by atoms with Crippen LogP contribution in [0, 0.1) is 11.7 Å². The predicted molar refractivity (Wildman–Crippen MR) is 107 cm³/mol. The molecular weight excluding hydrogens is 360 g/mol. The zero-order valence-electron chi connectivity index (χ0n) is 15.4. The van der Waals surface area contributed by atoms with Crippen LogP contribution in [-0.4, -0.2) is 45.8 Å². The van der Waals surface area contributed by atoms with E-state index in [0.717, 1.165) is 16.9 Å². The minimum absolute atomic E-state index is 0.0573. The van der Waals surface area contributed by atoms with Gasteiger partial charge in [-0.05, 0) is 37.3 Å². The highest BCUT2D eigenvalue weighted by Gasteiger charge is 2.15. The Morgan fingerprint density at radius 3 is 2.74 bits per heavy atom. The minimum Gasteiger partial charge on any atom is -0.492 e. The third kappa shape index (κ3) is 4.83. The largest absolute Gasteiger partial charge is 0.492 e. The number of aromatic amines is 1. The lowest BCUT2D eigenvalue weighted by molar-refractivity contribution is -0.130. The second-order valence-electron chi connectivity index (χ2n) is 6.28. The van der Waals surface area contributed by atoms with Crippen molar-refractivity contribution in [3.8, 4) is 17.1 Å². The molecule has 0 saturated heterocycles. The Balaban J connectivity index is 1.64. The van der Waals surface area contributed by atoms with E-state index in [1.807, 2.05) is 61.5 Å². The van der Waals surface area contributed by atoms with Crippen LogP contribution >= 0.6 is 12.2 Å². The molecule has 0 atom stereocenters. The molecule has 7 heteroatoms. The summed E-state index contributed by atoms with van der Waals surface area (Å²) in [7, 11) is 1.76. The highest BCUT2D eigenvalue weighted by atomic mass is 32.1. The van der Waals surface area contributed by atoms with Gasteiger partial charge in [-0.2, -0.15) is 5.10 Å². The zero-order valence-corrected chi connectivity index (χ0v) is 16.2. The number of aryl methyl sites for hydroxylation is 1. The molecule has 0 unspecified atom stereocenters. The summed E-state index contributed by atoms with van der Waals surface area (Å²) in [5.41, 5.74) is 2.04. The second kappa shape index (κ2) is 8.64. The summed E-state index contributed by atoms with van der Waals surface area (Å²) in [6.07, 6.45) is 0. The standard InChI is InChI=1S/C20H22N4O2S/c1-15-7-6-8-16(13-15)19-21-22-20(27)24(19)14-18(25)23(2)11-12-26-17-9-4-3-5-10-17/h3-10,13H,11-12,14H2,1-2H3,(H,22,27). The first-order chi connectivity index (χ1) is 13.0. The SMILES string of the molecule is Cc1cccc(-c2n[nH]c(=S)n2CC(=O)N(C)CCOc2ccccc2)c1. The summed E-state index contributed by atoms with van der Waals surface area (Å²) < 4.78 is 7.80. The number of para-hydroxylation sites is 1. The molecule has 0 radical (unpaired) electrons. The molecule has 3 aromatic rings. The Morgan fingerprint density at radius 1 is 1.22 bits per heavy atom. The van der Waals surface area contributed by atoms with E-state index in [4.69, 9.17) is 17.0 Å². The van der Waals surface area contributed by atoms with Gasteiger partial charge in [0.2, 0.25) is 5.91 Å². The van der Waals surface area contributed by atoms with Crippen LogP contribution in [-0.2, 0) is 11.3 Å². The molecule has 6 nitrogen and oxygen atoms in total. The Morgan fingerprint density at radius 2 is 2.00 bits per heavy atom. The van der Waals surface area contributed by atoms with E-state index in [0.29, 0.717) is 23.7 Å². The summed E-state index contributed by atoms with van der Waals surface area (Å²) in [6.45, 7) is 3.05. The molecule has 1 aromatic heterocycles. The van der Waals surface area contributed by atoms with Crippen molar-refractivity contribution in [3.05, 3.63) is 64.9 Å². The average Bonchev–Trinajstić information content (AvgIpc) is 3.03. The molecule has 0 saturated carbocycles.